The van der Waals surface area contributed by atoms with Crippen molar-refractivity contribution in [3.05, 3.63) is 24.0 Å². The number of hydrogen-bond acceptors (Lipinski definition) is 1. The topological polar surface area (TPSA) is 53.1 Å². The van der Waals surface area contributed by atoms with Crippen LogP contribution >= 0.6 is 0 Å². The molecule has 0 aliphatic heterocycles. The number of hydrogen-bond donors (Lipinski definition) is 2. The SMILES string of the molecule is O=C(O)CC(c1ccc[nH]1)C12CC3CC(CC(C3)C1)C2. The minimum absolute atomic E-state index is 0.184. The summed E-state index contributed by atoms with van der Waals surface area (Å²) in [6.45, 7) is 0. The molecule has 1 unspecified atom stereocenters. The lowest BCUT2D eigenvalue weighted by Crippen LogP contribution is -2.49. The molecule has 4 bridgehead atoms. The van der Waals surface area contributed by atoms with Crippen molar-refractivity contribution in [3.63, 3.8) is 0 Å². The standard InChI is InChI=1S/C17H23NO2/c19-16(20)7-14(15-2-1-3-18-15)17-8-11-4-12(9-17)6-13(5-11)10-17/h1-3,11-14,18H,4-10H2,(H,19,20). The largest absolute Gasteiger partial charge is 0.481 e. The Balaban J connectivity index is 1.70. The highest BCUT2D eigenvalue weighted by molar-refractivity contribution is 5.68. The van der Waals surface area contributed by atoms with Crippen molar-refractivity contribution in [2.24, 2.45) is 23.2 Å². The summed E-state index contributed by atoms with van der Waals surface area (Å²) in [6, 6.07) is 4.09. The van der Waals surface area contributed by atoms with E-state index in [9.17, 15) is 9.90 Å². The van der Waals surface area contributed by atoms with Gasteiger partial charge in [0.2, 0.25) is 0 Å². The molecule has 0 radical (unpaired) electrons. The Morgan fingerprint density at radius 1 is 1.25 bits per heavy atom. The zero-order valence-corrected chi connectivity index (χ0v) is 11.8. The van der Waals surface area contributed by atoms with Gasteiger partial charge < -0.3 is 10.1 Å². The average Bonchev–Trinajstić information content (AvgIpc) is 2.87. The van der Waals surface area contributed by atoms with Crippen molar-refractivity contribution >= 4 is 5.97 Å². The van der Waals surface area contributed by atoms with Crippen molar-refractivity contribution in [1.29, 1.82) is 0 Å². The normalized spacial score (nSPS) is 39.9. The van der Waals surface area contributed by atoms with E-state index in [-0.39, 0.29) is 17.8 Å². The van der Waals surface area contributed by atoms with Crippen LogP contribution in [0.4, 0.5) is 0 Å². The molecular weight excluding hydrogens is 250 g/mol. The van der Waals surface area contributed by atoms with Crippen molar-refractivity contribution in [2.75, 3.05) is 0 Å². The molecule has 0 aromatic carbocycles. The van der Waals surface area contributed by atoms with E-state index in [1.165, 1.54) is 38.5 Å². The molecule has 1 heterocycles. The number of nitrogens with one attached hydrogen (secondary N) is 1. The van der Waals surface area contributed by atoms with Gasteiger partial charge >= 0.3 is 5.97 Å². The van der Waals surface area contributed by atoms with Gasteiger partial charge in [-0.2, -0.15) is 0 Å². The fourth-order valence-electron chi connectivity index (χ4n) is 6.00. The summed E-state index contributed by atoms with van der Waals surface area (Å²) in [4.78, 5) is 14.7. The summed E-state index contributed by atoms with van der Waals surface area (Å²) < 4.78 is 0. The zero-order valence-electron chi connectivity index (χ0n) is 11.8. The first-order chi connectivity index (χ1) is 9.64. The minimum Gasteiger partial charge on any atom is -0.481 e. The van der Waals surface area contributed by atoms with E-state index in [0.717, 1.165) is 23.4 Å². The minimum atomic E-state index is -0.652. The molecule has 4 fully saturated rings. The molecule has 108 valence electrons. The van der Waals surface area contributed by atoms with E-state index in [2.05, 4.69) is 11.1 Å². The van der Waals surface area contributed by atoms with Crippen LogP contribution in [0.5, 0.6) is 0 Å². The van der Waals surface area contributed by atoms with Crippen LogP contribution < -0.4 is 0 Å². The Bertz CT molecular complexity index is 470. The lowest BCUT2D eigenvalue weighted by Gasteiger charge is -2.59. The van der Waals surface area contributed by atoms with Gasteiger partial charge in [0.1, 0.15) is 0 Å². The third kappa shape index (κ3) is 1.90. The van der Waals surface area contributed by atoms with Crippen molar-refractivity contribution in [2.45, 2.75) is 50.9 Å². The van der Waals surface area contributed by atoms with E-state index in [1.54, 1.807) is 0 Å². The molecule has 3 heteroatoms. The summed E-state index contributed by atoms with van der Waals surface area (Å²) in [7, 11) is 0. The van der Waals surface area contributed by atoms with Gasteiger partial charge in [0.15, 0.2) is 0 Å². The fourth-order valence-corrected chi connectivity index (χ4v) is 6.00. The van der Waals surface area contributed by atoms with Gasteiger partial charge in [-0.25, -0.2) is 0 Å². The molecular formula is C17H23NO2. The second kappa shape index (κ2) is 4.37. The molecule has 0 amide bonds. The maximum absolute atomic E-state index is 11.4. The molecule has 2 N–H and O–H groups in total. The predicted molar refractivity (Wildman–Crippen MR) is 76.4 cm³/mol. The van der Waals surface area contributed by atoms with Crippen LogP contribution in [0, 0.1) is 23.2 Å². The number of aromatic nitrogens is 1. The Kier molecular flexibility index (Phi) is 2.73. The van der Waals surface area contributed by atoms with Crippen molar-refractivity contribution in [3.8, 4) is 0 Å². The molecule has 1 atom stereocenters. The van der Waals surface area contributed by atoms with Gasteiger partial charge in [-0.05, 0) is 73.8 Å². The number of carboxylic acids is 1. The number of rotatable bonds is 4. The Labute approximate surface area is 119 Å². The summed E-state index contributed by atoms with van der Waals surface area (Å²) in [5, 5.41) is 9.37. The first-order valence-electron chi connectivity index (χ1n) is 8.00. The third-order valence-corrected chi connectivity index (χ3v) is 6.20. The smallest absolute Gasteiger partial charge is 0.304 e. The van der Waals surface area contributed by atoms with E-state index in [4.69, 9.17) is 0 Å². The number of H-pyrrole nitrogens is 1. The van der Waals surface area contributed by atoms with Crippen LogP contribution in [0.1, 0.15) is 56.6 Å². The number of aliphatic carboxylic acids is 1. The van der Waals surface area contributed by atoms with Gasteiger partial charge in [-0.3, -0.25) is 4.79 Å². The fraction of sp³-hybridized carbons (Fsp3) is 0.706. The van der Waals surface area contributed by atoms with Gasteiger partial charge in [0.05, 0.1) is 6.42 Å². The molecule has 5 rings (SSSR count). The van der Waals surface area contributed by atoms with Crippen LogP contribution in [0.2, 0.25) is 0 Å². The molecule has 4 aliphatic rings. The Hall–Kier alpha value is -1.25. The highest BCUT2D eigenvalue weighted by Gasteiger charge is 2.54. The van der Waals surface area contributed by atoms with Crippen molar-refractivity contribution in [1.82, 2.24) is 4.98 Å². The number of carboxylic acid groups (broad SMARTS) is 1. The maximum Gasteiger partial charge on any atom is 0.304 e. The second-order valence-electron chi connectivity index (χ2n) is 7.56. The van der Waals surface area contributed by atoms with Gasteiger partial charge in [0, 0.05) is 17.8 Å². The van der Waals surface area contributed by atoms with E-state index >= 15 is 0 Å². The highest BCUT2D eigenvalue weighted by Crippen LogP contribution is 2.65. The average molecular weight is 273 g/mol. The monoisotopic (exact) mass is 273 g/mol. The lowest BCUT2D eigenvalue weighted by molar-refractivity contribution is -0.140. The van der Waals surface area contributed by atoms with E-state index in [0.29, 0.717) is 0 Å². The third-order valence-electron chi connectivity index (χ3n) is 6.20. The van der Waals surface area contributed by atoms with E-state index < -0.39 is 5.97 Å². The van der Waals surface area contributed by atoms with Gasteiger partial charge in [-0.1, -0.05) is 0 Å². The van der Waals surface area contributed by atoms with Gasteiger partial charge in [0.25, 0.3) is 0 Å². The Morgan fingerprint density at radius 3 is 2.30 bits per heavy atom. The molecule has 1 aromatic heterocycles. The number of carbonyl (C=O) groups is 1. The van der Waals surface area contributed by atoms with E-state index in [1.807, 2.05) is 12.3 Å². The van der Waals surface area contributed by atoms with Crippen LogP contribution in [-0.2, 0) is 4.79 Å². The molecule has 1 aromatic rings. The van der Waals surface area contributed by atoms with Crippen LogP contribution in [-0.4, -0.2) is 16.1 Å². The zero-order chi connectivity index (χ0) is 13.7. The predicted octanol–water partition coefficient (Wildman–Crippen LogP) is 3.79. The number of aromatic amines is 1. The van der Waals surface area contributed by atoms with Gasteiger partial charge in [-0.15, -0.1) is 0 Å². The highest BCUT2D eigenvalue weighted by atomic mass is 16.4. The van der Waals surface area contributed by atoms with Crippen LogP contribution in [0.3, 0.4) is 0 Å². The quantitative estimate of drug-likeness (QED) is 0.877. The van der Waals surface area contributed by atoms with Crippen LogP contribution in [0.15, 0.2) is 18.3 Å². The Morgan fingerprint density at radius 2 is 1.85 bits per heavy atom. The van der Waals surface area contributed by atoms with Crippen molar-refractivity contribution < 1.29 is 9.90 Å². The molecule has 3 nitrogen and oxygen atoms in total. The first kappa shape index (κ1) is 12.5. The molecule has 20 heavy (non-hydrogen) atoms. The first-order valence-corrected chi connectivity index (χ1v) is 8.00. The summed E-state index contributed by atoms with van der Waals surface area (Å²) in [5.74, 6) is 2.14. The summed E-state index contributed by atoms with van der Waals surface area (Å²) >= 11 is 0. The lowest BCUT2D eigenvalue weighted by atomic mass is 9.46. The maximum atomic E-state index is 11.4. The summed E-state index contributed by atoms with van der Waals surface area (Å²) in [6.07, 6.45) is 10.2. The molecule has 0 spiro atoms. The molecule has 0 saturated heterocycles. The van der Waals surface area contributed by atoms with Crippen LogP contribution in [0.25, 0.3) is 0 Å². The molecule has 4 aliphatic carbocycles. The second-order valence-corrected chi connectivity index (χ2v) is 7.56. The molecule has 4 saturated carbocycles. The summed E-state index contributed by atoms with van der Waals surface area (Å²) in [5.41, 5.74) is 1.41.